The van der Waals surface area contributed by atoms with E-state index >= 15 is 0 Å². The van der Waals surface area contributed by atoms with Crippen LogP contribution in [-0.2, 0) is 6.50 Å². The summed E-state index contributed by atoms with van der Waals surface area (Å²) in [4.78, 5) is 8.62. The fourth-order valence-electron chi connectivity index (χ4n) is 2.37. The maximum absolute atomic E-state index is 14.0. The first-order valence-corrected chi connectivity index (χ1v) is 8.83. The van der Waals surface area contributed by atoms with Gasteiger partial charge >= 0.3 is 0 Å². The summed E-state index contributed by atoms with van der Waals surface area (Å²) < 4.78 is 98.9. The zero-order valence-electron chi connectivity index (χ0n) is 23.5. The lowest BCUT2D eigenvalue weighted by atomic mass is 10.0. The molecule has 1 aliphatic rings. The molecule has 0 radical (unpaired) electrons. The first-order chi connectivity index (χ1) is 17.0. The molecule has 3 aromatic rings. The van der Waals surface area contributed by atoms with Crippen LogP contribution < -0.4 is 5.31 Å². The van der Waals surface area contributed by atoms with E-state index in [4.69, 9.17) is 30.6 Å². The van der Waals surface area contributed by atoms with Crippen molar-refractivity contribution in [1.29, 1.82) is 5.26 Å². The van der Waals surface area contributed by atoms with E-state index in [0.717, 1.165) is 34.7 Å². The first-order valence-electron chi connectivity index (χ1n) is 12.6. The van der Waals surface area contributed by atoms with Crippen LogP contribution in [0.15, 0.2) is 30.5 Å². The number of piperidine rings is 1. The summed E-state index contributed by atoms with van der Waals surface area (Å²) in [7, 11) is 0. The molecule has 4 rings (SSSR count). The van der Waals surface area contributed by atoms with Gasteiger partial charge in [0, 0.05) is 33.8 Å². The van der Waals surface area contributed by atoms with Crippen LogP contribution in [0.3, 0.4) is 0 Å². The van der Waals surface area contributed by atoms with Crippen LogP contribution in [0, 0.1) is 17.1 Å². The lowest BCUT2D eigenvalue weighted by Crippen LogP contribution is -2.38. The van der Waals surface area contributed by atoms with Crippen molar-refractivity contribution in [2.24, 2.45) is 0 Å². The van der Waals surface area contributed by atoms with Crippen LogP contribution in [0.1, 0.15) is 36.2 Å². The van der Waals surface area contributed by atoms with Crippen LogP contribution >= 0.6 is 22.9 Å². The molecule has 0 amide bonds. The zero-order valence-corrected chi connectivity index (χ0v) is 15.1. The number of hydrogen-bond acceptors (Lipinski definition) is 6. The third kappa shape index (κ3) is 4.03. The molecule has 138 valence electrons. The maximum atomic E-state index is 14.0. The van der Waals surface area contributed by atoms with E-state index < -0.39 is 55.8 Å². The van der Waals surface area contributed by atoms with E-state index in [0.29, 0.717) is 0 Å². The highest BCUT2D eigenvalue weighted by Gasteiger charge is 2.21. The molecule has 0 bridgehead atoms. The summed E-state index contributed by atoms with van der Waals surface area (Å²) in [5.41, 5.74) is -0.916. The fourth-order valence-corrected chi connectivity index (χ4v) is 3.40. The summed E-state index contributed by atoms with van der Waals surface area (Å²) in [5, 5.41) is 9.40. The lowest BCUT2D eigenvalue weighted by molar-refractivity contribution is 0.211. The number of benzene rings is 1. The summed E-state index contributed by atoms with van der Waals surface area (Å²) >= 11 is 6.84. The van der Waals surface area contributed by atoms with Gasteiger partial charge in [-0.3, -0.25) is 4.90 Å². The quantitative estimate of drug-likeness (QED) is 0.687. The molecule has 3 heterocycles. The molecule has 0 spiro atoms. The highest BCUT2D eigenvalue weighted by molar-refractivity contribution is 7.23. The molecule has 1 aliphatic heterocycles. The average molecular weight is 412 g/mol. The largest absolute Gasteiger partial charge is 0.366 e. The van der Waals surface area contributed by atoms with Crippen LogP contribution in [0.4, 0.5) is 10.2 Å². The number of hydrogen-bond donors (Lipinski definition) is 1. The van der Waals surface area contributed by atoms with Crippen LogP contribution in [-0.4, -0.2) is 34.0 Å². The van der Waals surface area contributed by atoms with Crippen LogP contribution in [0.5, 0.6) is 0 Å². The Balaban J connectivity index is 1.78. The van der Waals surface area contributed by atoms with Gasteiger partial charge in [0.05, 0.1) is 24.2 Å². The predicted molar refractivity (Wildman–Crippen MR) is 105 cm³/mol. The molecule has 1 N–H and O–H groups in total. The number of nitriles is 1. The van der Waals surface area contributed by atoms with Gasteiger partial charge in [-0.25, -0.2) is 14.4 Å². The smallest absolute Gasteiger partial charge is 0.162 e. The molecule has 5 nitrogen and oxygen atoms in total. The fraction of sp³-hybridized carbons (Fsp3) is 0.316. The van der Waals surface area contributed by atoms with Crippen LogP contribution in [0.2, 0.25) is 5.75 Å². The second-order valence-corrected chi connectivity index (χ2v) is 7.01. The van der Waals surface area contributed by atoms with Gasteiger partial charge in [0.15, 0.2) is 1.41 Å². The third-order valence-corrected chi connectivity index (χ3v) is 4.77. The number of halogens is 2. The summed E-state index contributed by atoms with van der Waals surface area (Å²) in [6.45, 7) is -4.43. The Bertz CT molecular complexity index is 1430. The van der Waals surface area contributed by atoms with Gasteiger partial charge in [-0.1, -0.05) is 17.7 Å². The summed E-state index contributed by atoms with van der Waals surface area (Å²) in [5.74, 6) is -1.49. The molecular weight excluding hydrogens is 385 g/mol. The SMILES string of the molecule is [2H]c1cc(C([2H])([2H])N2CC([2H])([2H])C([2H])(N([2H])c3ncnc4c([2H])c(Cl)sc34)C([2H])([2H])C2)cc(C#N)c1F. The molecule has 27 heavy (non-hydrogen) atoms. The van der Waals surface area contributed by atoms with E-state index in [1.807, 2.05) is 0 Å². The Labute approximate surface area is 179 Å². The molecule has 0 saturated carbocycles. The minimum absolute atomic E-state index is 0.0167. The van der Waals surface area contributed by atoms with Crippen molar-refractivity contribution < 1.29 is 18.1 Å². The van der Waals surface area contributed by atoms with E-state index in [9.17, 15) is 4.39 Å². The van der Waals surface area contributed by atoms with Crippen molar-refractivity contribution in [3.05, 3.63) is 51.8 Å². The maximum Gasteiger partial charge on any atom is 0.162 e. The average Bonchev–Trinajstić information content (AvgIpc) is 3.11. The van der Waals surface area contributed by atoms with Crippen molar-refractivity contribution in [1.82, 2.24) is 14.9 Å². The second-order valence-electron chi connectivity index (χ2n) is 5.39. The van der Waals surface area contributed by atoms with Gasteiger partial charge in [0.1, 0.15) is 24.0 Å². The Morgan fingerprint density at radius 2 is 2.41 bits per heavy atom. The van der Waals surface area contributed by atoms with E-state index in [-0.39, 0.29) is 37.3 Å². The van der Waals surface area contributed by atoms with E-state index in [1.54, 1.807) is 0 Å². The van der Waals surface area contributed by atoms with Crippen molar-refractivity contribution in [2.45, 2.75) is 25.3 Å². The first kappa shape index (κ1) is 9.78. The second kappa shape index (κ2) is 7.77. The Morgan fingerprint density at radius 3 is 3.19 bits per heavy atom. The molecule has 2 aromatic heterocycles. The van der Waals surface area contributed by atoms with E-state index in [2.05, 4.69) is 9.97 Å². The summed E-state index contributed by atoms with van der Waals surface area (Å²) in [6.07, 6.45) is -4.83. The topological polar surface area (TPSA) is 64.8 Å². The molecule has 8 heteroatoms. The Hall–Kier alpha value is -2.27. The minimum Gasteiger partial charge on any atom is -0.366 e. The number of aromatic nitrogens is 2. The standard InChI is InChI=1S/C19H17ClFN5S/c20-17-8-16-18(27-17)19(24-11-23-16)25-14-3-5-26(6-4-14)10-12-1-2-15(21)13(7-12)9-22/h1-2,7-8,11,14H,3-6,10H2,(H,23,24,25)/i2D,3D2,4D2,8D,10D2,14D/hD. The van der Waals surface area contributed by atoms with Gasteiger partial charge in [-0.15, -0.1) is 11.3 Å². The highest BCUT2D eigenvalue weighted by Crippen LogP contribution is 2.33. The lowest BCUT2D eigenvalue weighted by Gasteiger charge is -2.32. The normalized spacial score (nSPS) is 26.6. The third-order valence-electron chi connectivity index (χ3n) is 3.58. The van der Waals surface area contributed by atoms with Gasteiger partial charge < -0.3 is 5.31 Å². The molecule has 0 atom stereocenters. The number of nitrogens with one attached hydrogen (secondary N) is 1. The Kier molecular flexibility index (Phi) is 2.81. The van der Waals surface area contributed by atoms with Gasteiger partial charge in [-0.05, 0) is 36.5 Å². The van der Waals surface area contributed by atoms with Crippen molar-refractivity contribution in [2.75, 3.05) is 18.4 Å². The number of fused-ring (bicyclic) bond motifs is 1. The van der Waals surface area contributed by atoms with Crippen molar-refractivity contribution >= 4 is 39.0 Å². The highest BCUT2D eigenvalue weighted by atomic mass is 35.5. The van der Waals surface area contributed by atoms with Crippen LogP contribution in [0.25, 0.3) is 10.2 Å². The van der Waals surface area contributed by atoms with Crippen molar-refractivity contribution in [3.63, 3.8) is 0 Å². The number of anilines is 1. The number of thiophene rings is 1. The molecular formula is C19H17ClFN5S. The number of nitrogens with zero attached hydrogens (tertiary/aromatic N) is 4. The molecule has 1 saturated heterocycles. The molecule has 1 fully saturated rings. The number of likely N-dealkylation sites (tertiary alicyclic amines) is 1. The molecule has 0 unspecified atom stereocenters. The Morgan fingerprint density at radius 1 is 1.59 bits per heavy atom. The predicted octanol–water partition coefficient (Wildman–Crippen LogP) is 4.43. The van der Waals surface area contributed by atoms with Gasteiger partial charge in [0.2, 0.25) is 0 Å². The summed E-state index contributed by atoms with van der Waals surface area (Å²) in [6, 6.07) is -0.654. The van der Waals surface area contributed by atoms with Gasteiger partial charge in [0.25, 0.3) is 0 Å². The monoisotopic (exact) mass is 411 g/mol. The molecule has 0 aliphatic carbocycles. The van der Waals surface area contributed by atoms with E-state index in [1.165, 1.54) is 6.07 Å². The number of rotatable bonds is 4. The van der Waals surface area contributed by atoms with Crippen molar-refractivity contribution in [3.8, 4) is 6.07 Å². The van der Waals surface area contributed by atoms with Gasteiger partial charge in [-0.2, -0.15) is 5.26 Å². The zero-order chi connectivity index (χ0) is 27.7. The minimum atomic E-state index is -2.96. The molecule has 1 aromatic carbocycles.